The van der Waals surface area contributed by atoms with Gasteiger partial charge >= 0.3 is 17.9 Å². The van der Waals surface area contributed by atoms with Gasteiger partial charge in [0.15, 0.2) is 12.4 Å². The Labute approximate surface area is 115 Å². The molecule has 1 aliphatic heterocycles. The zero-order valence-electron chi connectivity index (χ0n) is 11.5. The smallest absolute Gasteiger partial charge is 0.303 e. The Balaban J connectivity index is 2.70. The average molecular weight is 290 g/mol. The van der Waals surface area contributed by atoms with Crippen LogP contribution in [0, 0.1) is 0 Å². The van der Waals surface area contributed by atoms with Crippen molar-refractivity contribution in [2.24, 2.45) is 0 Å². The Morgan fingerprint density at radius 2 is 1.60 bits per heavy atom. The first kappa shape index (κ1) is 16.4. The standard InChI is InChI=1S/C12H18O8/c1-6(13)17-5-11-9(18-7(2)14)4-10(12(16)20-11)19-8(3)15/h9-12,16H,4-5H2,1-3H3/t9-,10-,11-,12+/m1/s1. The quantitative estimate of drug-likeness (QED) is 0.546. The maximum Gasteiger partial charge on any atom is 0.303 e. The van der Waals surface area contributed by atoms with E-state index in [1.165, 1.54) is 20.8 Å². The minimum atomic E-state index is -1.37. The van der Waals surface area contributed by atoms with E-state index in [-0.39, 0.29) is 13.0 Å². The summed E-state index contributed by atoms with van der Waals surface area (Å²) in [7, 11) is 0. The summed E-state index contributed by atoms with van der Waals surface area (Å²) in [4.78, 5) is 32.8. The summed E-state index contributed by atoms with van der Waals surface area (Å²) in [5, 5.41) is 9.72. The molecular weight excluding hydrogens is 272 g/mol. The molecule has 1 heterocycles. The normalized spacial score (nSPS) is 29.4. The Morgan fingerprint density at radius 1 is 1.05 bits per heavy atom. The molecule has 0 bridgehead atoms. The molecule has 20 heavy (non-hydrogen) atoms. The number of rotatable bonds is 4. The predicted octanol–water partition coefficient (Wildman–Crippen LogP) is -0.480. The van der Waals surface area contributed by atoms with Crippen molar-refractivity contribution in [1.29, 1.82) is 0 Å². The Bertz CT molecular complexity index is 380. The molecule has 114 valence electrons. The van der Waals surface area contributed by atoms with Crippen LogP contribution in [0.3, 0.4) is 0 Å². The fourth-order valence-corrected chi connectivity index (χ4v) is 1.85. The van der Waals surface area contributed by atoms with Gasteiger partial charge in [-0.25, -0.2) is 0 Å². The SMILES string of the molecule is CC(=O)OC[C@H]1O[C@H](O)[C@H](OC(C)=O)C[C@H]1OC(C)=O. The third kappa shape index (κ3) is 5.14. The van der Waals surface area contributed by atoms with Gasteiger partial charge in [0.05, 0.1) is 0 Å². The zero-order valence-corrected chi connectivity index (χ0v) is 11.5. The molecule has 0 spiro atoms. The van der Waals surface area contributed by atoms with E-state index in [1.54, 1.807) is 0 Å². The fourth-order valence-electron chi connectivity index (χ4n) is 1.85. The first-order chi connectivity index (χ1) is 9.29. The second-order valence-electron chi connectivity index (χ2n) is 4.40. The van der Waals surface area contributed by atoms with Gasteiger partial charge < -0.3 is 24.1 Å². The maximum atomic E-state index is 11.1. The van der Waals surface area contributed by atoms with Crippen LogP contribution in [0.1, 0.15) is 27.2 Å². The number of hydrogen-bond acceptors (Lipinski definition) is 8. The van der Waals surface area contributed by atoms with Crippen molar-refractivity contribution in [3.63, 3.8) is 0 Å². The third-order valence-electron chi connectivity index (χ3n) is 2.60. The topological polar surface area (TPSA) is 108 Å². The first-order valence-corrected chi connectivity index (χ1v) is 6.11. The molecule has 1 aliphatic rings. The molecule has 1 N–H and O–H groups in total. The van der Waals surface area contributed by atoms with E-state index in [4.69, 9.17) is 18.9 Å². The Kier molecular flexibility index (Phi) is 5.90. The van der Waals surface area contributed by atoms with E-state index >= 15 is 0 Å². The number of aliphatic hydroxyl groups is 1. The highest BCUT2D eigenvalue weighted by molar-refractivity contribution is 5.67. The van der Waals surface area contributed by atoms with Crippen molar-refractivity contribution in [3.8, 4) is 0 Å². The summed E-state index contributed by atoms with van der Waals surface area (Å²) in [6.45, 7) is 3.46. The summed E-state index contributed by atoms with van der Waals surface area (Å²) in [5.41, 5.74) is 0. The largest absolute Gasteiger partial charge is 0.463 e. The molecule has 0 radical (unpaired) electrons. The van der Waals surface area contributed by atoms with Crippen molar-refractivity contribution >= 4 is 17.9 Å². The Morgan fingerprint density at radius 3 is 2.10 bits per heavy atom. The molecule has 0 saturated carbocycles. The second-order valence-corrected chi connectivity index (χ2v) is 4.40. The molecular formula is C12H18O8. The van der Waals surface area contributed by atoms with Gasteiger partial charge in [0.25, 0.3) is 0 Å². The lowest BCUT2D eigenvalue weighted by atomic mass is 10.0. The molecule has 0 aromatic carbocycles. The molecule has 0 amide bonds. The zero-order chi connectivity index (χ0) is 15.3. The van der Waals surface area contributed by atoms with Crippen LogP contribution in [0.5, 0.6) is 0 Å². The number of aliphatic hydroxyl groups excluding tert-OH is 1. The molecule has 1 saturated heterocycles. The monoisotopic (exact) mass is 290 g/mol. The molecule has 8 nitrogen and oxygen atoms in total. The summed E-state index contributed by atoms with van der Waals surface area (Å²) < 4.78 is 19.9. The summed E-state index contributed by atoms with van der Waals surface area (Å²) in [6.07, 6.45) is -3.84. The van der Waals surface area contributed by atoms with Gasteiger partial charge in [0, 0.05) is 27.2 Å². The van der Waals surface area contributed by atoms with Crippen LogP contribution in [0.4, 0.5) is 0 Å². The molecule has 4 atom stereocenters. The van der Waals surface area contributed by atoms with Crippen molar-refractivity contribution in [2.45, 2.75) is 51.8 Å². The lowest BCUT2D eigenvalue weighted by Crippen LogP contribution is -2.51. The van der Waals surface area contributed by atoms with Gasteiger partial charge in [-0.2, -0.15) is 0 Å². The van der Waals surface area contributed by atoms with Crippen LogP contribution in [0.15, 0.2) is 0 Å². The van der Waals surface area contributed by atoms with Gasteiger partial charge in [-0.1, -0.05) is 0 Å². The van der Waals surface area contributed by atoms with E-state index in [0.717, 1.165) is 0 Å². The summed E-state index contributed by atoms with van der Waals surface area (Å²) in [6, 6.07) is 0. The minimum Gasteiger partial charge on any atom is -0.463 e. The van der Waals surface area contributed by atoms with E-state index in [1.807, 2.05) is 0 Å². The number of carbonyl (C=O) groups is 3. The van der Waals surface area contributed by atoms with Crippen LogP contribution in [0.2, 0.25) is 0 Å². The average Bonchev–Trinajstić information content (AvgIpc) is 2.29. The molecule has 0 aliphatic carbocycles. The molecule has 1 fully saturated rings. The van der Waals surface area contributed by atoms with Crippen molar-refractivity contribution < 1.29 is 38.4 Å². The highest BCUT2D eigenvalue weighted by Crippen LogP contribution is 2.24. The highest BCUT2D eigenvalue weighted by atomic mass is 16.7. The van der Waals surface area contributed by atoms with Gasteiger partial charge in [0.1, 0.15) is 18.8 Å². The van der Waals surface area contributed by atoms with Crippen molar-refractivity contribution in [2.75, 3.05) is 6.61 Å². The molecule has 0 unspecified atom stereocenters. The molecule has 0 aromatic heterocycles. The van der Waals surface area contributed by atoms with Gasteiger partial charge in [-0.05, 0) is 0 Å². The van der Waals surface area contributed by atoms with Crippen LogP contribution in [-0.2, 0) is 33.3 Å². The van der Waals surface area contributed by atoms with Crippen LogP contribution in [0.25, 0.3) is 0 Å². The lowest BCUT2D eigenvalue weighted by molar-refractivity contribution is -0.262. The summed E-state index contributed by atoms with van der Waals surface area (Å²) in [5.74, 6) is -1.66. The predicted molar refractivity (Wildman–Crippen MR) is 63.2 cm³/mol. The van der Waals surface area contributed by atoms with Crippen LogP contribution >= 0.6 is 0 Å². The highest BCUT2D eigenvalue weighted by Gasteiger charge is 2.41. The van der Waals surface area contributed by atoms with Crippen LogP contribution in [-0.4, -0.2) is 54.2 Å². The molecule has 1 rings (SSSR count). The number of hydrogen-bond donors (Lipinski definition) is 1. The second kappa shape index (κ2) is 7.20. The Hall–Kier alpha value is -1.67. The lowest BCUT2D eigenvalue weighted by Gasteiger charge is -2.37. The van der Waals surface area contributed by atoms with Gasteiger partial charge in [0.2, 0.25) is 0 Å². The number of ether oxygens (including phenoxy) is 4. The van der Waals surface area contributed by atoms with E-state index in [2.05, 4.69) is 0 Å². The van der Waals surface area contributed by atoms with E-state index < -0.39 is 42.5 Å². The minimum absolute atomic E-state index is 0.0618. The van der Waals surface area contributed by atoms with Crippen molar-refractivity contribution in [3.05, 3.63) is 0 Å². The van der Waals surface area contributed by atoms with Gasteiger partial charge in [-0.3, -0.25) is 14.4 Å². The molecule has 0 aromatic rings. The number of esters is 3. The maximum absolute atomic E-state index is 11.1. The molecule has 8 heteroatoms. The van der Waals surface area contributed by atoms with E-state index in [0.29, 0.717) is 0 Å². The number of carbonyl (C=O) groups excluding carboxylic acids is 3. The third-order valence-corrected chi connectivity index (χ3v) is 2.60. The van der Waals surface area contributed by atoms with E-state index in [9.17, 15) is 19.5 Å². The van der Waals surface area contributed by atoms with Gasteiger partial charge in [-0.15, -0.1) is 0 Å². The van der Waals surface area contributed by atoms with Crippen LogP contribution < -0.4 is 0 Å². The fraction of sp³-hybridized carbons (Fsp3) is 0.750. The van der Waals surface area contributed by atoms with Crippen molar-refractivity contribution in [1.82, 2.24) is 0 Å². The first-order valence-electron chi connectivity index (χ1n) is 6.11. The summed E-state index contributed by atoms with van der Waals surface area (Å²) >= 11 is 0.